The molecule has 0 saturated carbocycles. The van der Waals surface area contributed by atoms with Crippen LogP contribution in [0.1, 0.15) is 36.8 Å². The molecule has 1 heterocycles. The quantitative estimate of drug-likeness (QED) is 0.818. The molecule has 0 fully saturated rings. The minimum atomic E-state index is -0.490. The number of aromatic amines is 1. The van der Waals surface area contributed by atoms with Crippen LogP contribution in [-0.2, 0) is 13.0 Å². The standard InChI is InChI=1S/C15H18ClF2N3/c1-3-4-5-14-20-13(15(16)21-14)8-19-12-7-10(17)9(2)6-11(12)18/h6-7,19H,3-5,8H2,1-2H3,(H,20,21). The summed E-state index contributed by atoms with van der Waals surface area (Å²) in [6.45, 7) is 3.88. The van der Waals surface area contributed by atoms with Gasteiger partial charge in [0.25, 0.3) is 0 Å². The Kier molecular flexibility index (Phi) is 5.17. The van der Waals surface area contributed by atoms with E-state index in [1.807, 2.05) is 0 Å². The fourth-order valence-electron chi connectivity index (χ4n) is 1.98. The van der Waals surface area contributed by atoms with Crippen LogP contribution in [-0.4, -0.2) is 9.97 Å². The van der Waals surface area contributed by atoms with E-state index in [1.54, 1.807) is 0 Å². The number of hydrogen-bond acceptors (Lipinski definition) is 2. The predicted octanol–water partition coefficient (Wildman–Crippen LogP) is 4.60. The SMILES string of the molecule is CCCCc1nc(Cl)c(CNc2cc(F)c(C)cc2F)[nH]1. The van der Waals surface area contributed by atoms with Gasteiger partial charge in [-0.05, 0) is 25.0 Å². The van der Waals surface area contributed by atoms with E-state index in [0.717, 1.165) is 31.2 Å². The first-order valence-electron chi connectivity index (χ1n) is 6.94. The van der Waals surface area contributed by atoms with Gasteiger partial charge in [0.05, 0.1) is 17.9 Å². The summed E-state index contributed by atoms with van der Waals surface area (Å²) in [7, 11) is 0. The van der Waals surface area contributed by atoms with Crippen molar-refractivity contribution in [3.05, 3.63) is 46.0 Å². The normalized spacial score (nSPS) is 10.9. The Hall–Kier alpha value is -1.62. The molecule has 0 atom stereocenters. The molecule has 21 heavy (non-hydrogen) atoms. The van der Waals surface area contributed by atoms with Crippen LogP contribution >= 0.6 is 11.6 Å². The largest absolute Gasteiger partial charge is 0.377 e. The lowest BCUT2D eigenvalue weighted by Crippen LogP contribution is -2.03. The fourth-order valence-corrected chi connectivity index (χ4v) is 2.20. The fraction of sp³-hybridized carbons (Fsp3) is 0.400. The van der Waals surface area contributed by atoms with Crippen molar-refractivity contribution in [3.63, 3.8) is 0 Å². The van der Waals surface area contributed by atoms with Crippen LogP contribution in [0.15, 0.2) is 12.1 Å². The van der Waals surface area contributed by atoms with Gasteiger partial charge in [-0.2, -0.15) is 0 Å². The molecular formula is C15H18ClF2N3. The lowest BCUT2D eigenvalue weighted by Gasteiger charge is -2.08. The zero-order valence-corrected chi connectivity index (χ0v) is 12.8. The molecule has 1 aromatic carbocycles. The van der Waals surface area contributed by atoms with Gasteiger partial charge in [-0.1, -0.05) is 24.9 Å². The van der Waals surface area contributed by atoms with Crippen LogP contribution in [0.25, 0.3) is 0 Å². The monoisotopic (exact) mass is 313 g/mol. The van der Waals surface area contributed by atoms with Crippen molar-refractivity contribution >= 4 is 17.3 Å². The number of hydrogen-bond donors (Lipinski definition) is 2. The summed E-state index contributed by atoms with van der Waals surface area (Å²) in [5.74, 6) is -0.122. The molecule has 2 aromatic rings. The number of rotatable bonds is 6. The molecule has 3 nitrogen and oxygen atoms in total. The van der Waals surface area contributed by atoms with Gasteiger partial charge in [0.15, 0.2) is 5.15 Å². The van der Waals surface area contributed by atoms with Gasteiger partial charge in [-0.25, -0.2) is 13.8 Å². The number of halogens is 3. The second-order valence-electron chi connectivity index (χ2n) is 4.99. The molecule has 0 radical (unpaired) electrons. The van der Waals surface area contributed by atoms with E-state index < -0.39 is 11.6 Å². The molecule has 0 aliphatic rings. The molecule has 0 bridgehead atoms. The number of aromatic nitrogens is 2. The summed E-state index contributed by atoms with van der Waals surface area (Å²) < 4.78 is 27.2. The Bertz CT molecular complexity index is 626. The second kappa shape index (κ2) is 6.89. The smallest absolute Gasteiger partial charge is 0.152 e. The van der Waals surface area contributed by atoms with Crippen molar-refractivity contribution in [1.82, 2.24) is 9.97 Å². The highest BCUT2D eigenvalue weighted by atomic mass is 35.5. The van der Waals surface area contributed by atoms with E-state index >= 15 is 0 Å². The van der Waals surface area contributed by atoms with Crippen LogP contribution in [0, 0.1) is 18.6 Å². The molecule has 6 heteroatoms. The number of imidazole rings is 1. The molecule has 114 valence electrons. The molecule has 0 spiro atoms. The number of nitrogens with one attached hydrogen (secondary N) is 2. The van der Waals surface area contributed by atoms with E-state index in [9.17, 15) is 8.78 Å². The maximum atomic E-state index is 13.7. The van der Waals surface area contributed by atoms with Gasteiger partial charge >= 0.3 is 0 Å². The molecule has 0 saturated heterocycles. The highest BCUT2D eigenvalue weighted by Gasteiger charge is 2.11. The lowest BCUT2D eigenvalue weighted by molar-refractivity contribution is 0.594. The first-order valence-corrected chi connectivity index (χ1v) is 7.31. The van der Waals surface area contributed by atoms with Gasteiger partial charge in [0.1, 0.15) is 17.5 Å². The van der Waals surface area contributed by atoms with E-state index in [-0.39, 0.29) is 17.8 Å². The van der Waals surface area contributed by atoms with Crippen molar-refractivity contribution in [2.24, 2.45) is 0 Å². The van der Waals surface area contributed by atoms with Crippen molar-refractivity contribution < 1.29 is 8.78 Å². The predicted molar refractivity (Wildman–Crippen MR) is 80.6 cm³/mol. The molecule has 2 N–H and O–H groups in total. The Morgan fingerprint density at radius 3 is 2.76 bits per heavy atom. The van der Waals surface area contributed by atoms with Gasteiger partial charge in [0, 0.05) is 12.5 Å². The first-order chi connectivity index (χ1) is 10.0. The number of aryl methyl sites for hydroxylation is 2. The number of nitrogens with zero attached hydrogens (tertiary/aromatic N) is 1. The third-order valence-corrected chi connectivity index (χ3v) is 3.56. The van der Waals surface area contributed by atoms with Crippen LogP contribution < -0.4 is 5.32 Å². The highest BCUT2D eigenvalue weighted by molar-refractivity contribution is 6.30. The first kappa shape index (κ1) is 15.8. The van der Waals surface area contributed by atoms with Crippen LogP contribution in [0.3, 0.4) is 0 Å². The molecular weight excluding hydrogens is 296 g/mol. The van der Waals surface area contributed by atoms with Gasteiger partial charge in [-0.3, -0.25) is 0 Å². The average molecular weight is 314 g/mol. The van der Waals surface area contributed by atoms with Crippen molar-refractivity contribution in [1.29, 1.82) is 0 Å². The zero-order chi connectivity index (χ0) is 15.4. The lowest BCUT2D eigenvalue weighted by atomic mass is 10.2. The summed E-state index contributed by atoms with van der Waals surface area (Å²) in [6.07, 6.45) is 2.91. The van der Waals surface area contributed by atoms with Crippen molar-refractivity contribution in [2.75, 3.05) is 5.32 Å². The zero-order valence-electron chi connectivity index (χ0n) is 12.1. The Labute approximate surface area is 127 Å². The molecule has 0 aliphatic heterocycles. The third-order valence-electron chi connectivity index (χ3n) is 3.25. The van der Waals surface area contributed by atoms with Crippen LogP contribution in [0.4, 0.5) is 14.5 Å². The molecule has 0 aliphatic carbocycles. The second-order valence-corrected chi connectivity index (χ2v) is 5.35. The Morgan fingerprint density at radius 2 is 2.05 bits per heavy atom. The van der Waals surface area contributed by atoms with Crippen LogP contribution in [0.5, 0.6) is 0 Å². The highest BCUT2D eigenvalue weighted by Crippen LogP contribution is 2.21. The van der Waals surface area contributed by atoms with Gasteiger partial charge < -0.3 is 10.3 Å². The van der Waals surface area contributed by atoms with Crippen molar-refractivity contribution in [3.8, 4) is 0 Å². The maximum absolute atomic E-state index is 13.7. The average Bonchev–Trinajstić information content (AvgIpc) is 2.79. The summed E-state index contributed by atoms with van der Waals surface area (Å²) in [5.41, 5.74) is 1.06. The summed E-state index contributed by atoms with van der Waals surface area (Å²) in [4.78, 5) is 7.33. The van der Waals surface area contributed by atoms with Gasteiger partial charge in [-0.15, -0.1) is 0 Å². The molecule has 2 rings (SSSR count). The summed E-state index contributed by atoms with van der Waals surface area (Å²) in [6, 6.07) is 2.31. The van der Waals surface area contributed by atoms with E-state index in [2.05, 4.69) is 22.2 Å². The topological polar surface area (TPSA) is 40.7 Å². The third kappa shape index (κ3) is 3.94. The maximum Gasteiger partial charge on any atom is 0.152 e. The minimum Gasteiger partial charge on any atom is -0.377 e. The summed E-state index contributed by atoms with van der Waals surface area (Å²) in [5, 5.41) is 3.20. The molecule has 0 amide bonds. The van der Waals surface area contributed by atoms with Crippen molar-refractivity contribution in [2.45, 2.75) is 39.7 Å². The van der Waals surface area contributed by atoms with E-state index in [1.165, 1.54) is 13.0 Å². The van der Waals surface area contributed by atoms with Gasteiger partial charge in [0.2, 0.25) is 0 Å². The molecule has 0 unspecified atom stereocenters. The number of benzene rings is 1. The molecule has 1 aromatic heterocycles. The number of H-pyrrole nitrogens is 1. The number of anilines is 1. The Morgan fingerprint density at radius 1 is 1.29 bits per heavy atom. The number of unbranched alkanes of at least 4 members (excludes halogenated alkanes) is 1. The van der Waals surface area contributed by atoms with Crippen LogP contribution in [0.2, 0.25) is 5.15 Å². The van der Waals surface area contributed by atoms with E-state index in [4.69, 9.17) is 11.6 Å². The summed E-state index contributed by atoms with van der Waals surface area (Å²) >= 11 is 6.04. The van der Waals surface area contributed by atoms with E-state index in [0.29, 0.717) is 10.8 Å². The Balaban J connectivity index is 2.06. The minimum absolute atomic E-state index is 0.110.